The molecule has 0 spiro atoms. The van der Waals surface area contributed by atoms with Crippen LogP contribution >= 0.6 is 0 Å². The summed E-state index contributed by atoms with van der Waals surface area (Å²) in [7, 11) is 0. The van der Waals surface area contributed by atoms with Gasteiger partial charge in [-0.2, -0.15) is 4.39 Å². The molecule has 1 aromatic heterocycles. The third-order valence-electron chi connectivity index (χ3n) is 13.0. The van der Waals surface area contributed by atoms with Gasteiger partial charge in [-0.25, -0.2) is 22.6 Å². The summed E-state index contributed by atoms with van der Waals surface area (Å²) in [5.74, 6) is -15.5. The number of hydrogen-bond donors (Lipinski definition) is 9. The van der Waals surface area contributed by atoms with E-state index in [2.05, 4.69) is 36.3 Å². The first kappa shape index (κ1) is 65.8. The van der Waals surface area contributed by atoms with E-state index in [1.54, 1.807) is 18.3 Å². The van der Waals surface area contributed by atoms with E-state index >= 15 is 0 Å². The van der Waals surface area contributed by atoms with Gasteiger partial charge in [-0.3, -0.25) is 24.0 Å². The van der Waals surface area contributed by atoms with Crippen LogP contribution in [0.25, 0.3) is 11.1 Å². The summed E-state index contributed by atoms with van der Waals surface area (Å²) in [6, 6.07) is 15.6. The van der Waals surface area contributed by atoms with E-state index in [-0.39, 0.29) is 96.3 Å². The summed E-state index contributed by atoms with van der Waals surface area (Å²) >= 11 is 0. The van der Waals surface area contributed by atoms with E-state index < -0.39 is 119 Å². The highest BCUT2D eigenvalue weighted by molar-refractivity contribution is 5.79. The van der Waals surface area contributed by atoms with Gasteiger partial charge in [-0.15, -0.1) is 5.10 Å². The molecule has 84 heavy (non-hydrogen) atoms. The van der Waals surface area contributed by atoms with Crippen LogP contribution in [0.5, 0.6) is 5.75 Å². The zero-order chi connectivity index (χ0) is 60.6. The molecule has 6 rings (SSSR count). The quantitative estimate of drug-likeness (QED) is 0.00511. The molecular formula is C55H67F4N7O18. The fourth-order valence-corrected chi connectivity index (χ4v) is 8.54. The number of nitrogens with one attached hydrogen (secondary N) is 4. The first-order chi connectivity index (χ1) is 40.4. The monoisotopic (exact) mass is 1190 g/mol. The molecule has 4 aromatic carbocycles. The lowest BCUT2D eigenvalue weighted by Gasteiger charge is -2.46. The number of anilines is 2. The Hall–Kier alpha value is -7.32. The Morgan fingerprint density at radius 3 is 2.06 bits per heavy atom. The van der Waals surface area contributed by atoms with Crippen LogP contribution < -0.4 is 36.9 Å². The van der Waals surface area contributed by atoms with Gasteiger partial charge < -0.3 is 80.0 Å². The van der Waals surface area contributed by atoms with Crippen molar-refractivity contribution in [2.75, 3.05) is 89.8 Å². The van der Waals surface area contributed by atoms with Gasteiger partial charge in [0.05, 0.1) is 110 Å². The zero-order valence-electron chi connectivity index (χ0n) is 45.5. The van der Waals surface area contributed by atoms with Crippen LogP contribution in [0.15, 0.2) is 76.4 Å². The van der Waals surface area contributed by atoms with Crippen molar-refractivity contribution in [2.45, 2.75) is 94.3 Å². The minimum absolute atomic E-state index is 0.0673. The van der Waals surface area contributed by atoms with Crippen LogP contribution in [-0.4, -0.2) is 180 Å². The van der Waals surface area contributed by atoms with E-state index in [0.29, 0.717) is 50.0 Å². The molecule has 0 unspecified atom stereocenters. The number of ether oxygens (including phenoxy) is 7. The maximum atomic E-state index is 13.6. The Kier molecular flexibility index (Phi) is 26.1. The van der Waals surface area contributed by atoms with Gasteiger partial charge in [0.15, 0.2) is 17.4 Å². The third kappa shape index (κ3) is 19.4. The number of benzene rings is 3. The molecule has 0 aliphatic carbocycles. The highest BCUT2D eigenvalue weighted by Crippen LogP contribution is 2.34. The van der Waals surface area contributed by atoms with E-state index in [1.807, 2.05) is 42.5 Å². The van der Waals surface area contributed by atoms with Crippen LogP contribution in [0, 0.1) is 23.3 Å². The average molecular weight is 1190 g/mol. The molecule has 6 atom stereocenters. The lowest BCUT2D eigenvalue weighted by atomic mass is 9.88. The van der Waals surface area contributed by atoms with Gasteiger partial charge in [-0.1, -0.05) is 72.7 Å². The highest BCUT2D eigenvalue weighted by atomic mass is 19.2. The molecule has 29 heteroatoms. The summed E-state index contributed by atoms with van der Waals surface area (Å²) in [6.45, 7) is 0.384. The summed E-state index contributed by atoms with van der Waals surface area (Å²) in [5, 5.41) is 71.9. The summed E-state index contributed by atoms with van der Waals surface area (Å²) in [6.07, 6.45) is -4.90. The topological polar surface area (TPSA) is 347 Å². The number of aliphatic carboxylic acids is 1. The number of carbonyl (C=O) groups excluding carboxylic acids is 3. The van der Waals surface area contributed by atoms with Crippen LogP contribution in [0.2, 0.25) is 0 Å². The van der Waals surface area contributed by atoms with E-state index in [0.717, 1.165) is 11.1 Å². The van der Waals surface area contributed by atoms with Crippen molar-refractivity contribution in [2.24, 2.45) is 0 Å². The summed E-state index contributed by atoms with van der Waals surface area (Å²) in [4.78, 5) is 74.4. The van der Waals surface area contributed by atoms with E-state index in [1.165, 1.54) is 4.68 Å². The van der Waals surface area contributed by atoms with Crippen LogP contribution in [0.1, 0.15) is 49.8 Å². The highest BCUT2D eigenvalue weighted by Gasteiger charge is 2.56. The van der Waals surface area contributed by atoms with Gasteiger partial charge in [0.25, 0.3) is 16.6 Å². The largest absolute Gasteiger partial charge is 0.477 e. The van der Waals surface area contributed by atoms with Crippen molar-refractivity contribution in [3.05, 3.63) is 122 Å². The molecule has 1 saturated heterocycles. The number of aromatic nitrogens is 3. The van der Waals surface area contributed by atoms with E-state index in [9.17, 15) is 71.9 Å². The van der Waals surface area contributed by atoms with Gasteiger partial charge in [0.1, 0.15) is 35.9 Å². The molecule has 2 heterocycles. The molecule has 1 aliphatic heterocycles. The van der Waals surface area contributed by atoms with Crippen molar-refractivity contribution in [3.8, 4) is 16.9 Å². The van der Waals surface area contributed by atoms with Gasteiger partial charge in [0.2, 0.25) is 23.4 Å². The lowest BCUT2D eigenvalue weighted by molar-refractivity contribution is -0.310. The minimum Gasteiger partial charge on any atom is -0.477 e. The molecular weight excluding hydrogens is 1120 g/mol. The molecule has 458 valence electrons. The summed E-state index contributed by atoms with van der Waals surface area (Å²) in [5.41, 5.74) is 1.92. The maximum Gasteiger partial charge on any atom is 0.364 e. The van der Waals surface area contributed by atoms with Crippen LogP contribution in [0.4, 0.5) is 28.9 Å². The second-order valence-corrected chi connectivity index (χ2v) is 19.2. The first-order valence-corrected chi connectivity index (χ1v) is 26.9. The molecule has 1 fully saturated rings. The normalized spacial score (nSPS) is 17.6. The molecule has 0 saturated carbocycles. The van der Waals surface area contributed by atoms with Crippen molar-refractivity contribution < 1.29 is 95.4 Å². The predicted molar refractivity (Wildman–Crippen MR) is 287 cm³/mol. The fraction of sp³-hybridized carbons (Fsp3) is 0.491. The number of nitrogens with zero attached hydrogens (tertiary/aromatic N) is 3. The van der Waals surface area contributed by atoms with Crippen molar-refractivity contribution in [1.29, 1.82) is 0 Å². The summed E-state index contributed by atoms with van der Waals surface area (Å²) < 4.78 is 92.4. The van der Waals surface area contributed by atoms with Gasteiger partial charge >= 0.3 is 11.9 Å². The number of esters is 1. The SMILES string of the molecule is O=C(Cc1ccc(-c2ccccc2)cc1)NC[C@@H](O)[C@@H](O)[C@@H]1O[C@@](OCCCCCCNc2c(NCc3cn(CCOCCOCCOCCOCCC(=O)Oc4cc(F)c(F)c(F)c4F)nn3)c(=O)c2=O)(C(=O)O)C[C@H](O)[C@H]1NC(=O)CO. The first-order valence-electron chi connectivity index (χ1n) is 26.9. The minimum atomic E-state index is -2.54. The Morgan fingerprint density at radius 2 is 1.39 bits per heavy atom. The number of rotatable bonds is 38. The second-order valence-electron chi connectivity index (χ2n) is 19.2. The number of amides is 2. The second kappa shape index (κ2) is 33.2. The number of unbranched alkanes of at least 4 members (excludes halogenated alkanes) is 3. The van der Waals surface area contributed by atoms with Gasteiger partial charge in [-0.05, 0) is 29.5 Å². The smallest absolute Gasteiger partial charge is 0.364 e. The number of carbonyl (C=O) groups is 4. The number of aliphatic hydroxyl groups is 4. The molecule has 0 radical (unpaired) electrons. The lowest BCUT2D eigenvalue weighted by Crippen LogP contribution is -2.68. The van der Waals surface area contributed by atoms with Gasteiger partial charge in [0, 0.05) is 25.6 Å². The van der Waals surface area contributed by atoms with Crippen molar-refractivity contribution >= 4 is 35.1 Å². The third-order valence-corrected chi connectivity index (χ3v) is 13.0. The Morgan fingerprint density at radius 1 is 0.762 bits per heavy atom. The molecule has 9 N–H and O–H groups in total. The standard InChI is InChI=1S/C55H67F4N7O18/c56-37-27-40(45(58)46(59)44(37)57)83-43(72)14-18-78-20-22-80-24-25-81-23-21-79-19-16-66-31-36(64-65-66)29-62-49-48(51(74)52(49)75)60-15-6-1-2-7-17-82-55(54(76)77)28-38(68)47(63-42(71)32-67)53(84-55)50(73)39(69)30-61-41(70)26-33-10-12-35(13-11-33)34-8-4-3-5-9-34/h3-5,8-13,27,31,38-39,47,50,53,60,62,67-69,73H,1-2,6-7,14-26,28-30,32H2,(H,61,70)(H,63,71)(H,76,77)/t38-,39+,47+,50+,53+,55+/m0/s1. The predicted octanol–water partition coefficient (Wildman–Crippen LogP) is 1.25. The van der Waals surface area contributed by atoms with Crippen LogP contribution in [0.3, 0.4) is 0 Å². The van der Waals surface area contributed by atoms with Crippen LogP contribution in [-0.2, 0) is 67.1 Å². The van der Waals surface area contributed by atoms with Crippen molar-refractivity contribution in [1.82, 2.24) is 25.6 Å². The average Bonchev–Trinajstić information content (AvgIpc) is 2.15. The molecule has 5 aromatic rings. The molecule has 25 nitrogen and oxygen atoms in total. The molecule has 1 aliphatic rings. The molecule has 0 bridgehead atoms. The number of halogens is 4. The van der Waals surface area contributed by atoms with Crippen molar-refractivity contribution in [3.63, 3.8) is 0 Å². The Bertz CT molecular complexity index is 2990. The zero-order valence-corrected chi connectivity index (χ0v) is 45.5. The number of carboxylic acids is 1. The Labute approximate surface area is 477 Å². The number of carboxylic acid groups (broad SMARTS) is 1. The number of aliphatic hydroxyl groups excluding tert-OH is 4. The Balaban J connectivity index is 0.813. The molecule has 2 amide bonds. The fourth-order valence-electron chi connectivity index (χ4n) is 8.54. The van der Waals surface area contributed by atoms with E-state index in [4.69, 9.17) is 28.4 Å². The maximum absolute atomic E-state index is 13.6. The number of hydrogen-bond acceptors (Lipinski definition) is 21.